The molecule has 1 saturated heterocycles. The number of nitrogens with zero attached hydrogens (tertiary/aromatic N) is 2. The number of piperidine rings is 1. The zero-order valence-corrected chi connectivity index (χ0v) is 14.7. The van der Waals surface area contributed by atoms with Gasteiger partial charge in [-0.2, -0.15) is 0 Å². The lowest BCUT2D eigenvalue weighted by atomic mass is 10.1. The molecule has 0 radical (unpaired) electrons. The first-order chi connectivity index (χ1) is 12.3. The van der Waals surface area contributed by atoms with E-state index in [4.69, 9.17) is 10.5 Å². The summed E-state index contributed by atoms with van der Waals surface area (Å²) in [5.74, 6) is 0.672. The molecule has 1 aliphatic rings. The normalized spacial score (nSPS) is 15.4. The number of hydrogen-bond donors (Lipinski definition) is 1. The second-order valence-corrected chi connectivity index (χ2v) is 6.52. The molecule has 1 fully saturated rings. The van der Waals surface area contributed by atoms with E-state index in [0.717, 1.165) is 13.1 Å². The minimum atomic E-state index is 0.605. The van der Waals surface area contributed by atoms with Crippen molar-refractivity contribution in [1.29, 1.82) is 0 Å². The lowest BCUT2D eigenvalue weighted by Gasteiger charge is -2.27. The summed E-state index contributed by atoms with van der Waals surface area (Å²) < 4.78 is 5.81. The van der Waals surface area contributed by atoms with Gasteiger partial charge < -0.3 is 15.4 Å². The molecule has 132 valence electrons. The Bertz CT molecular complexity index is 679. The van der Waals surface area contributed by atoms with Crippen LogP contribution in [0.3, 0.4) is 0 Å². The molecule has 0 bridgehead atoms. The maximum absolute atomic E-state index is 6.13. The minimum absolute atomic E-state index is 0.605. The number of nitrogens with two attached hydrogens (primary N) is 1. The Hall–Kier alpha value is -2.33. The maximum atomic E-state index is 6.13. The van der Waals surface area contributed by atoms with Crippen LogP contribution >= 0.6 is 0 Å². The minimum Gasteiger partial charge on any atom is -0.372 e. The van der Waals surface area contributed by atoms with Crippen LogP contribution in [0.4, 0.5) is 0 Å². The molecule has 4 nitrogen and oxygen atoms in total. The molecule has 1 aliphatic heterocycles. The summed E-state index contributed by atoms with van der Waals surface area (Å²) in [5.41, 5.74) is 9.66. The van der Waals surface area contributed by atoms with Crippen LogP contribution in [0.1, 0.15) is 36.0 Å². The van der Waals surface area contributed by atoms with Crippen molar-refractivity contribution in [1.82, 2.24) is 4.90 Å². The van der Waals surface area contributed by atoms with Gasteiger partial charge in [0.25, 0.3) is 0 Å². The topological polar surface area (TPSA) is 50.9 Å². The van der Waals surface area contributed by atoms with Gasteiger partial charge in [-0.3, -0.25) is 0 Å². The van der Waals surface area contributed by atoms with Crippen molar-refractivity contribution in [3.8, 4) is 0 Å². The average Bonchev–Trinajstić information content (AvgIpc) is 2.68. The highest BCUT2D eigenvalue weighted by molar-refractivity contribution is 5.78. The van der Waals surface area contributed by atoms with Crippen molar-refractivity contribution >= 4 is 5.96 Å². The van der Waals surface area contributed by atoms with E-state index in [1.165, 1.54) is 36.0 Å². The van der Waals surface area contributed by atoms with E-state index in [-0.39, 0.29) is 0 Å². The molecular weight excluding hydrogens is 310 g/mol. The van der Waals surface area contributed by atoms with E-state index < -0.39 is 0 Å². The number of ether oxygens (including phenoxy) is 1. The van der Waals surface area contributed by atoms with Crippen LogP contribution in [0.15, 0.2) is 59.6 Å². The van der Waals surface area contributed by atoms with Gasteiger partial charge in [0, 0.05) is 13.1 Å². The van der Waals surface area contributed by atoms with Gasteiger partial charge in [0.2, 0.25) is 0 Å². The Labute approximate surface area is 150 Å². The Morgan fingerprint density at radius 1 is 0.880 bits per heavy atom. The lowest BCUT2D eigenvalue weighted by Crippen LogP contribution is -2.40. The van der Waals surface area contributed by atoms with Crippen molar-refractivity contribution in [2.75, 3.05) is 13.1 Å². The second kappa shape index (κ2) is 9.23. The monoisotopic (exact) mass is 337 g/mol. The number of aliphatic imine (C=N–C) groups is 1. The van der Waals surface area contributed by atoms with Crippen LogP contribution in [-0.4, -0.2) is 23.9 Å². The zero-order valence-electron chi connectivity index (χ0n) is 14.7. The van der Waals surface area contributed by atoms with Gasteiger partial charge in [-0.1, -0.05) is 54.6 Å². The summed E-state index contributed by atoms with van der Waals surface area (Å²) in [7, 11) is 0. The average molecular weight is 337 g/mol. The van der Waals surface area contributed by atoms with Crippen LogP contribution in [0.25, 0.3) is 0 Å². The SMILES string of the molecule is NC(=NCc1cccc(COCc2ccccc2)c1)N1CCCCC1. The van der Waals surface area contributed by atoms with Gasteiger partial charge in [-0.15, -0.1) is 0 Å². The second-order valence-electron chi connectivity index (χ2n) is 6.52. The van der Waals surface area contributed by atoms with E-state index in [1.54, 1.807) is 0 Å². The van der Waals surface area contributed by atoms with Gasteiger partial charge in [-0.25, -0.2) is 4.99 Å². The van der Waals surface area contributed by atoms with Crippen molar-refractivity contribution in [2.45, 2.75) is 39.0 Å². The van der Waals surface area contributed by atoms with Crippen LogP contribution in [0.5, 0.6) is 0 Å². The maximum Gasteiger partial charge on any atom is 0.191 e. The molecule has 0 aromatic heterocycles. The smallest absolute Gasteiger partial charge is 0.191 e. The first-order valence-corrected chi connectivity index (χ1v) is 9.05. The Morgan fingerprint density at radius 3 is 2.36 bits per heavy atom. The molecule has 2 aromatic rings. The quantitative estimate of drug-likeness (QED) is 0.646. The van der Waals surface area contributed by atoms with E-state index in [9.17, 15) is 0 Å². The molecule has 0 atom stereocenters. The molecule has 0 saturated carbocycles. The number of benzene rings is 2. The molecule has 4 heteroatoms. The van der Waals surface area contributed by atoms with Crippen LogP contribution in [0, 0.1) is 0 Å². The fraction of sp³-hybridized carbons (Fsp3) is 0.381. The summed E-state index contributed by atoms with van der Waals surface area (Å²) in [6.45, 7) is 3.92. The fourth-order valence-electron chi connectivity index (χ4n) is 3.07. The summed E-state index contributed by atoms with van der Waals surface area (Å²) >= 11 is 0. The van der Waals surface area contributed by atoms with Gasteiger partial charge in [0.05, 0.1) is 19.8 Å². The predicted molar refractivity (Wildman–Crippen MR) is 102 cm³/mol. The predicted octanol–water partition coefficient (Wildman–Crippen LogP) is 3.70. The first-order valence-electron chi connectivity index (χ1n) is 9.05. The summed E-state index contributed by atoms with van der Waals surface area (Å²) in [5, 5.41) is 0. The summed E-state index contributed by atoms with van der Waals surface area (Å²) in [6, 6.07) is 18.6. The van der Waals surface area contributed by atoms with Crippen LogP contribution < -0.4 is 5.73 Å². The van der Waals surface area contributed by atoms with Crippen molar-refractivity contribution in [2.24, 2.45) is 10.7 Å². The third-order valence-electron chi connectivity index (χ3n) is 4.48. The Balaban J connectivity index is 1.50. The van der Waals surface area contributed by atoms with Crippen LogP contribution in [0.2, 0.25) is 0 Å². The molecule has 3 rings (SSSR count). The van der Waals surface area contributed by atoms with Crippen molar-refractivity contribution < 1.29 is 4.74 Å². The molecule has 0 unspecified atom stereocenters. The van der Waals surface area contributed by atoms with Crippen LogP contribution in [-0.2, 0) is 24.5 Å². The molecule has 0 amide bonds. The molecule has 0 spiro atoms. The molecule has 2 N–H and O–H groups in total. The first kappa shape index (κ1) is 17.5. The van der Waals surface area contributed by atoms with Gasteiger partial charge in [0.15, 0.2) is 5.96 Å². The Kier molecular flexibility index (Phi) is 6.46. The summed E-state index contributed by atoms with van der Waals surface area (Å²) in [4.78, 5) is 6.76. The molecule has 2 aromatic carbocycles. The third-order valence-corrected chi connectivity index (χ3v) is 4.48. The zero-order chi connectivity index (χ0) is 17.3. The number of rotatable bonds is 6. The lowest BCUT2D eigenvalue weighted by molar-refractivity contribution is 0.107. The van der Waals surface area contributed by atoms with E-state index in [0.29, 0.717) is 25.7 Å². The highest BCUT2D eigenvalue weighted by atomic mass is 16.5. The van der Waals surface area contributed by atoms with Gasteiger partial charge in [0.1, 0.15) is 0 Å². The number of guanidine groups is 1. The third kappa shape index (κ3) is 5.61. The summed E-state index contributed by atoms with van der Waals surface area (Å²) in [6.07, 6.45) is 3.73. The highest BCUT2D eigenvalue weighted by Gasteiger charge is 2.11. The van der Waals surface area contributed by atoms with Gasteiger partial charge in [-0.05, 0) is 36.0 Å². The van der Waals surface area contributed by atoms with E-state index in [1.807, 2.05) is 18.2 Å². The molecule has 25 heavy (non-hydrogen) atoms. The van der Waals surface area contributed by atoms with E-state index in [2.05, 4.69) is 46.3 Å². The van der Waals surface area contributed by atoms with Gasteiger partial charge >= 0.3 is 0 Å². The largest absolute Gasteiger partial charge is 0.372 e. The van der Waals surface area contributed by atoms with E-state index >= 15 is 0 Å². The molecule has 1 heterocycles. The number of likely N-dealkylation sites (tertiary alicyclic amines) is 1. The standard InChI is InChI=1S/C21H27N3O/c22-21(24-12-5-2-6-13-24)23-15-19-10-7-11-20(14-19)17-25-16-18-8-3-1-4-9-18/h1,3-4,7-11,14H,2,5-6,12-13,15-17H2,(H2,22,23). The van der Waals surface area contributed by atoms with Crippen molar-refractivity contribution in [3.63, 3.8) is 0 Å². The number of hydrogen-bond acceptors (Lipinski definition) is 2. The van der Waals surface area contributed by atoms with Crippen molar-refractivity contribution in [3.05, 3.63) is 71.3 Å². The highest BCUT2D eigenvalue weighted by Crippen LogP contribution is 2.11. The Morgan fingerprint density at radius 2 is 1.56 bits per heavy atom. The molecular formula is C21H27N3O. The fourth-order valence-corrected chi connectivity index (χ4v) is 3.07. The molecule has 0 aliphatic carbocycles.